The molecule has 4 aliphatic carbocycles. The predicted octanol–water partition coefficient (Wildman–Crippen LogP) is 14.5. The summed E-state index contributed by atoms with van der Waals surface area (Å²) in [4.78, 5) is 15.9. The minimum atomic E-state index is 0.0957. The fourth-order valence-electron chi connectivity index (χ4n) is 13.7. The van der Waals surface area contributed by atoms with Crippen molar-refractivity contribution in [2.45, 2.75) is 103 Å². The summed E-state index contributed by atoms with van der Waals surface area (Å²) in [5.74, 6) is 6.58. The zero-order chi connectivity index (χ0) is 41.5. The lowest BCUT2D eigenvalue weighted by molar-refractivity contribution is 0.0779. The Bertz CT molecular complexity index is 2790. The SMILES string of the molecule is C[C@@H]1CC2C[C@H](C)CC(c3ccc(-c4nc(-c5ccccc5)nc(-c5cc(-c6ccc7oc8ccc(C#N)cc8c7c6)cc(C67CC(C[C@@H](C)C6)C[C@H](C)C7)c5)n4)cc3)(C2)C1. The molecule has 4 unspecified atom stereocenters. The van der Waals surface area contributed by atoms with Gasteiger partial charge in [-0.2, -0.15) is 5.26 Å². The van der Waals surface area contributed by atoms with Crippen LogP contribution in [-0.2, 0) is 10.8 Å². The number of fused-ring (bicyclic) bond motifs is 7. The number of rotatable bonds is 6. The first-order valence-corrected chi connectivity index (χ1v) is 23.1. The predicted molar refractivity (Wildman–Crippen MR) is 247 cm³/mol. The first-order chi connectivity index (χ1) is 29.6. The van der Waals surface area contributed by atoms with Gasteiger partial charge in [-0.1, -0.05) is 94.4 Å². The maximum Gasteiger partial charge on any atom is 0.164 e. The molecule has 0 aliphatic heterocycles. The Kier molecular flexibility index (Phi) is 9.30. The van der Waals surface area contributed by atoms with E-state index in [4.69, 9.17) is 19.4 Å². The Morgan fingerprint density at radius 1 is 0.475 bits per heavy atom. The van der Waals surface area contributed by atoms with E-state index in [1.807, 2.05) is 24.3 Å². The topological polar surface area (TPSA) is 75.6 Å². The molecule has 2 aromatic heterocycles. The molecule has 4 aliphatic rings. The van der Waals surface area contributed by atoms with Gasteiger partial charge < -0.3 is 4.42 Å². The molecule has 61 heavy (non-hydrogen) atoms. The first kappa shape index (κ1) is 38.3. The monoisotopic (exact) mass is 800 g/mol. The Morgan fingerprint density at radius 2 is 0.967 bits per heavy atom. The third-order valence-corrected chi connectivity index (χ3v) is 15.4. The number of hydrogen-bond donors (Lipinski definition) is 0. The van der Waals surface area contributed by atoms with Crippen LogP contribution in [0.3, 0.4) is 0 Å². The molecule has 4 saturated carbocycles. The number of hydrogen-bond acceptors (Lipinski definition) is 5. The number of furan rings is 1. The maximum absolute atomic E-state index is 9.74. The smallest absolute Gasteiger partial charge is 0.164 e. The van der Waals surface area contributed by atoms with Gasteiger partial charge >= 0.3 is 0 Å². The van der Waals surface area contributed by atoms with E-state index in [-0.39, 0.29) is 10.8 Å². The molecule has 7 aromatic rings. The molecule has 8 atom stereocenters. The van der Waals surface area contributed by atoms with E-state index in [9.17, 15) is 5.26 Å². The van der Waals surface area contributed by atoms with Crippen LogP contribution in [0.2, 0.25) is 0 Å². The third kappa shape index (κ3) is 6.97. The van der Waals surface area contributed by atoms with Crippen molar-refractivity contribution < 1.29 is 4.42 Å². The normalized spacial score (nSPS) is 28.4. The van der Waals surface area contributed by atoms with Crippen molar-refractivity contribution in [3.8, 4) is 51.4 Å². The molecule has 0 spiro atoms. The molecule has 5 heteroatoms. The Labute approximate surface area is 360 Å². The first-order valence-electron chi connectivity index (χ1n) is 23.1. The molecule has 5 nitrogen and oxygen atoms in total. The maximum atomic E-state index is 9.74. The highest BCUT2D eigenvalue weighted by Crippen LogP contribution is 2.56. The van der Waals surface area contributed by atoms with Crippen molar-refractivity contribution in [3.05, 3.63) is 126 Å². The fraction of sp³-hybridized carbons (Fsp3) is 0.393. The number of nitriles is 1. The summed E-state index contributed by atoms with van der Waals surface area (Å²) in [5, 5.41) is 11.7. The highest BCUT2D eigenvalue weighted by molar-refractivity contribution is 6.06. The summed E-state index contributed by atoms with van der Waals surface area (Å²) in [6.07, 6.45) is 12.9. The van der Waals surface area contributed by atoms with Gasteiger partial charge in [-0.15, -0.1) is 0 Å². The second-order valence-electron chi connectivity index (χ2n) is 20.6. The van der Waals surface area contributed by atoms with Crippen LogP contribution in [0.5, 0.6) is 0 Å². The molecular formula is C56H56N4O. The quantitative estimate of drug-likeness (QED) is 0.167. The fourth-order valence-corrected chi connectivity index (χ4v) is 13.7. The molecule has 4 fully saturated rings. The minimum absolute atomic E-state index is 0.0957. The molecule has 0 N–H and O–H groups in total. The third-order valence-electron chi connectivity index (χ3n) is 15.4. The van der Waals surface area contributed by atoms with Crippen LogP contribution < -0.4 is 0 Å². The van der Waals surface area contributed by atoms with Crippen molar-refractivity contribution in [2.24, 2.45) is 35.5 Å². The van der Waals surface area contributed by atoms with Gasteiger partial charge in [0, 0.05) is 27.5 Å². The molecule has 0 radical (unpaired) electrons. The van der Waals surface area contributed by atoms with E-state index in [0.29, 0.717) is 34.9 Å². The highest BCUT2D eigenvalue weighted by Gasteiger charge is 2.46. The van der Waals surface area contributed by atoms with Gasteiger partial charge in [-0.3, -0.25) is 0 Å². The lowest BCUT2D eigenvalue weighted by Crippen LogP contribution is -2.42. The molecular weight excluding hydrogens is 745 g/mol. The molecule has 0 amide bonds. The Balaban J connectivity index is 1.07. The molecule has 5 aromatic carbocycles. The van der Waals surface area contributed by atoms with Crippen LogP contribution in [0.1, 0.15) is 109 Å². The summed E-state index contributed by atoms with van der Waals surface area (Å²) in [6, 6.07) is 41.5. The van der Waals surface area contributed by atoms with Crippen LogP contribution in [0.4, 0.5) is 0 Å². The molecule has 2 heterocycles. The second-order valence-corrected chi connectivity index (χ2v) is 20.6. The zero-order valence-electron chi connectivity index (χ0n) is 36.1. The van der Waals surface area contributed by atoms with Crippen molar-refractivity contribution in [2.75, 3.05) is 0 Å². The largest absolute Gasteiger partial charge is 0.456 e. The van der Waals surface area contributed by atoms with Gasteiger partial charge in [0.25, 0.3) is 0 Å². The van der Waals surface area contributed by atoms with E-state index in [1.165, 1.54) is 75.3 Å². The van der Waals surface area contributed by atoms with Crippen LogP contribution >= 0.6 is 0 Å². The van der Waals surface area contributed by atoms with Gasteiger partial charge in [0.05, 0.1) is 11.6 Å². The minimum Gasteiger partial charge on any atom is -0.456 e. The molecule has 11 rings (SSSR count). The van der Waals surface area contributed by atoms with Crippen molar-refractivity contribution in [1.82, 2.24) is 15.0 Å². The summed E-state index contributed by atoms with van der Waals surface area (Å²) >= 11 is 0. The van der Waals surface area contributed by atoms with Gasteiger partial charge in [0.1, 0.15) is 11.2 Å². The highest BCUT2D eigenvalue weighted by atomic mass is 16.3. The lowest BCUT2D eigenvalue weighted by Gasteiger charge is -2.50. The number of aromatic nitrogens is 3. The van der Waals surface area contributed by atoms with Gasteiger partial charge in [0.15, 0.2) is 17.5 Å². The number of benzene rings is 5. The van der Waals surface area contributed by atoms with Crippen LogP contribution in [0, 0.1) is 46.8 Å². The number of nitrogens with zero attached hydrogens (tertiary/aromatic N) is 4. The molecule has 4 bridgehead atoms. The van der Waals surface area contributed by atoms with Gasteiger partial charge in [-0.05, 0) is 175 Å². The summed E-state index contributed by atoms with van der Waals surface area (Å²) < 4.78 is 6.28. The summed E-state index contributed by atoms with van der Waals surface area (Å²) in [5.41, 5.74) is 10.8. The van der Waals surface area contributed by atoms with Crippen molar-refractivity contribution >= 4 is 21.9 Å². The van der Waals surface area contributed by atoms with Gasteiger partial charge in [0.2, 0.25) is 0 Å². The van der Waals surface area contributed by atoms with Crippen molar-refractivity contribution in [3.63, 3.8) is 0 Å². The van der Waals surface area contributed by atoms with E-state index < -0.39 is 0 Å². The Morgan fingerprint density at radius 3 is 1.56 bits per heavy atom. The van der Waals surface area contributed by atoms with Crippen LogP contribution in [0.25, 0.3) is 67.2 Å². The second kappa shape index (κ2) is 14.8. The zero-order valence-corrected chi connectivity index (χ0v) is 36.1. The average molecular weight is 801 g/mol. The Hall–Kier alpha value is -5.60. The standard InChI is InChI=1S/C56H56N4O/c1-34-18-39-19-35(2)28-55(27-34,31-39)46-14-11-42(12-15-46)53-58-52(41-8-6-5-7-9-41)59-54(60-53)45-23-44(24-47(25-45)56-29-36(3)20-40(32-56)21-37(4)30-56)43-13-17-51-49(26-43)48-22-38(33-57)10-16-50(48)61-51/h5-17,22-26,34-37,39-40H,18-21,27-32H2,1-4H3/t34-,35+,36-,37+,39?,40?,55?,56?. The van der Waals surface area contributed by atoms with E-state index in [1.54, 1.807) is 0 Å². The van der Waals surface area contributed by atoms with Crippen LogP contribution in [-0.4, -0.2) is 15.0 Å². The summed E-state index contributed by atoms with van der Waals surface area (Å²) in [7, 11) is 0. The molecule has 306 valence electrons. The average Bonchev–Trinajstić information content (AvgIpc) is 3.62. The lowest BCUT2D eigenvalue weighted by atomic mass is 9.54. The van der Waals surface area contributed by atoms with E-state index in [0.717, 1.165) is 73.4 Å². The summed E-state index contributed by atoms with van der Waals surface area (Å²) in [6.45, 7) is 9.86. The van der Waals surface area contributed by atoms with E-state index in [2.05, 4.69) is 119 Å². The van der Waals surface area contributed by atoms with Crippen LogP contribution in [0.15, 0.2) is 114 Å². The molecule has 0 saturated heterocycles. The van der Waals surface area contributed by atoms with E-state index >= 15 is 0 Å². The van der Waals surface area contributed by atoms with Gasteiger partial charge in [-0.25, -0.2) is 15.0 Å². The van der Waals surface area contributed by atoms with Crippen molar-refractivity contribution in [1.29, 1.82) is 5.26 Å².